The van der Waals surface area contributed by atoms with Gasteiger partial charge < -0.3 is 10.1 Å². The Hall–Kier alpha value is -3.41. The van der Waals surface area contributed by atoms with Crippen molar-refractivity contribution in [1.29, 1.82) is 0 Å². The number of aromatic nitrogens is 2. The van der Waals surface area contributed by atoms with E-state index in [1.807, 2.05) is 31.2 Å². The van der Waals surface area contributed by atoms with E-state index in [0.717, 1.165) is 17.8 Å². The summed E-state index contributed by atoms with van der Waals surface area (Å²) in [4.78, 5) is 24.8. The third-order valence-corrected chi connectivity index (χ3v) is 5.12. The van der Waals surface area contributed by atoms with E-state index in [2.05, 4.69) is 29.5 Å². The predicted molar refractivity (Wildman–Crippen MR) is 116 cm³/mol. The van der Waals surface area contributed by atoms with E-state index in [1.165, 1.54) is 5.56 Å². The highest BCUT2D eigenvalue weighted by molar-refractivity contribution is 5.92. The average molecular weight is 405 g/mol. The number of carbonyl (C=O) groups is 2. The molecule has 2 atom stereocenters. The second-order valence-corrected chi connectivity index (χ2v) is 7.24. The van der Waals surface area contributed by atoms with Crippen LogP contribution in [0, 0.1) is 6.92 Å². The maximum absolute atomic E-state index is 12.4. The number of benzene rings is 2. The first-order valence-corrected chi connectivity index (χ1v) is 10.1. The van der Waals surface area contributed by atoms with Crippen LogP contribution in [-0.2, 0) is 9.53 Å². The van der Waals surface area contributed by atoms with Crippen molar-refractivity contribution < 1.29 is 14.3 Å². The molecule has 0 aliphatic carbocycles. The maximum atomic E-state index is 12.4. The van der Waals surface area contributed by atoms with Gasteiger partial charge in [0.05, 0.1) is 11.3 Å². The van der Waals surface area contributed by atoms with Gasteiger partial charge in [0.2, 0.25) is 0 Å². The molecule has 0 saturated carbocycles. The number of hydrogen-bond acceptors (Lipinski definition) is 4. The number of carbonyl (C=O) groups excluding carboxylic acids is 2. The first kappa shape index (κ1) is 21.3. The molecule has 1 aromatic heterocycles. The van der Waals surface area contributed by atoms with Gasteiger partial charge in [0.15, 0.2) is 6.10 Å². The molecular weight excluding hydrogens is 378 g/mol. The van der Waals surface area contributed by atoms with Crippen LogP contribution in [0.1, 0.15) is 47.8 Å². The van der Waals surface area contributed by atoms with Crippen LogP contribution in [0.2, 0.25) is 0 Å². The number of nitrogens with zero attached hydrogens (tertiary/aromatic N) is 2. The molecule has 6 heteroatoms. The zero-order chi connectivity index (χ0) is 21.5. The van der Waals surface area contributed by atoms with Crippen molar-refractivity contribution in [1.82, 2.24) is 15.1 Å². The van der Waals surface area contributed by atoms with Gasteiger partial charge in [-0.25, -0.2) is 9.48 Å². The van der Waals surface area contributed by atoms with Gasteiger partial charge in [-0.3, -0.25) is 4.79 Å². The van der Waals surface area contributed by atoms with Gasteiger partial charge in [-0.15, -0.1) is 0 Å². The van der Waals surface area contributed by atoms with E-state index in [4.69, 9.17) is 4.74 Å². The molecule has 0 unspecified atom stereocenters. The summed E-state index contributed by atoms with van der Waals surface area (Å²) in [5, 5.41) is 7.14. The summed E-state index contributed by atoms with van der Waals surface area (Å²) < 4.78 is 7.13. The molecule has 30 heavy (non-hydrogen) atoms. The minimum absolute atomic E-state index is 0.219. The van der Waals surface area contributed by atoms with E-state index in [1.54, 1.807) is 42.1 Å². The molecule has 3 aromatic rings. The molecular formula is C24H27N3O3. The van der Waals surface area contributed by atoms with Gasteiger partial charge in [-0.05, 0) is 56.2 Å². The van der Waals surface area contributed by atoms with Crippen molar-refractivity contribution >= 4 is 11.9 Å². The van der Waals surface area contributed by atoms with Gasteiger partial charge in [-0.1, -0.05) is 37.3 Å². The number of rotatable bonds is 8. The van der Waals surface area contributed by atoms with Gasteiger partial charge in [0.25, 0.3) is 5.91 Å². The Kier molecular flexibility index (Phi) is 7.01. The van der Waals surface area contributed by atoms with Gasteiger partial charge in [-0.2, -0.15) is 5.10 Å². The number of ether oxygens (including phenoxy) is 1. The second kappa shape index (κ2) is 9.87. The summed E-state index contributed by atoms with van der Waals surface area (Å²) in [6.45, 7) is 6.12. The summed E-state index contributed by atoms with van der Waals surface area (Å²) in [5.41, 5.74) is 3.42. The molecule has 1 heterocycles. The van der Waals surface area contributed by atoms with Crippen LogP contribution < -0.4 is 5.32 Å². The average Bonchev–Trinajstić information content (AvgIpc) is 3.20. The summed E-state index contributed by atoms with van der Waals surface area (Å²) >= 11 is 0. The van der Waals surface area contributed by atoms with Crippen LogP contribution in [0.3, 0.4) is 0 Å². The van der Waals surface area contributed by atoms with Crippen LogP contribution in [0.25, 0.3) is 5.69 Å². The van der Waals surface area contributed by atoms with Crippen molar-refractivity contribution in [2.75, 3.05) is 6.54 Å². The smallest absolute Gasteiger partial charge is 0.338 e. The monoisotopic (exact) mass is 405 g/mol. The van der Waals surface area contributed by atoms with E-state index >= 15 is 0 Å². The fourth-order valence-electron chi connectivity index (χ4n) is 3.25. The molecule has 2 aromatic carbocycles. The van der Waals surface area contributed by atoms with Crippen molar-refractivity contribution in [3.63, 3.8) is 0 Å². The Morgan fingerprint density at radius 3 is 2.37 bits per heavy atom. The molecule has 0 fully saturated rings. The van der Waals surface area contributed by atoms with E-state index in [9.17, 15) is 9.59 Å². The molecule has 0 radical (unpaired) electrons. The molecule has 0 saturated heterocycles. The highest BCUT2D eigenvalue weighted by Crippen LogP contribution is 2.18. The highest BCUT2D eigenvalue weighted by atomic mass is 16.5. The van der Waals surface area contributed by atoms with E-state index in [-0.39, 0.29) is 11.8 Å². The Morgan fingerprint density at radius 2 is 1.77 bits per heavy atom. The number of aryl methyl sites for hydroxylation is 1. The first-order valence-electron chi connectivity index (χ1n) is 10.1. The number of esters is 1. The summed E-state index contributed by atoms with van der Waals surface area (Å²) in [5.74, 6) is -0.616. The number of hydrogen-bond donors (Lipinski definition) is 1. The number of amides is 1. The second-order valence-electron chi connectivity index (χ2n) is 7.24. The van der Waals surface area contributed by atoms with Gasteiger partial charge in [0, 0.05) is 24.4 Å². The minimum atomic E-state index is -0.876. The van der Waals surface area contributed by atoms with Gasteiger partial charge >= 0.3 is 5.97 Å². The van der Waals surface area contributed by atoms with E-state index in [0.29, 0.717) is 12.1 Å². The fourth-order valence-corrected chi connectivity index (χ4v) is 3.25. The third kappa shape index (κ3) is 5.14. The zero-order valence-corrected chi connectivity index (χ0v) is 17.5. The maximum Gasteiger partial charge on any atom is 0.338 e. The van der Waals surface area contributed by atoms with Crippen molar-refractivity contribution in [3.8, 4) is 5.69 Å². The van der Waals surface area contributed by atoms with Crippen LogP contribution in [0.5, 0.6) is 0 Å². The molecule has 0 aliphatic rings. The van der Waals surface area contributed by atoms with Gasteiger partial charge in [0.1, 0.15) is 0 Å². The lowest BCUT2D eigenvalue weighted by Crippen LogP contribution is -2.38. The van der Waals surface area contributed by atoms with Crippen molar-refractivity contribution in [2.45, 2.75) is 39.2 Å². The summed E-state index contributed by atoms with van der Waals surface area (Å²) in [6, 6.07) is 18.9. The third-order valence-electron chi connectivity index (χ3n) is 5.12. The predicted octanol–water partition coefficient (Wildman–Crippen LogP) is 4.04. The van der Waals surface area contributed by atoms with E-state index < -0.39 is 12.1 Å². The fraction of sp³-hybridized carbons (Fsp3) is 0.292. The largest absolute Gasteiger partial charge is 0.449 e. The number of nitrogens with one attached hydrogen (secondary N) is 1. The standard InChI is InChI=1S/C24H27N3O3/c1-4-19(20-8-6-5-7-9-20)16-25-23(28)18(3)30-24(29)21-10-12-22(13-11-21)27-17(2)14-15-26-27/h5-15,18-19H,4,16H2,1-3H3,(H,25,28)/t18-,19+/m1/s1. The normalized spacial score (nSPS) is 12.8. The SMILES string of the molecule is CC[C@@H](CNC(=O)[C@@H](C)OC(=O)c1ccc(-n2nccc2C)cc1)c1ccccc1. The van der Waals surface area contributed by atoms with Crippen molar-refractivity contribution in [2.24, 2.45) is 0 Å². The first-order chi connectivity index (χ1) is 14.5. The molecule has 1 N–H and O–H groups in total. The molecule has 1 amide bonds. The van der Waals surface area contributed by atoms with Crippen LogP contribution in [0.15, 0.2) is 66.9 Å². The van der Waals surface area contributed by atoms with Crippen molar-refractivity contribution in [3.05, 3.63) is 83.7 Å². The summed E-state index contributed by atoms with van der Waals surface area (Å²) in [6.07, 6.45) is 1.75. The lowest BCUT2D eigenvalue weighted by molar-refractivity contribution is -0.129. The Balaban J connectivity index is 1.54. The quantitative estimate of drug-likeness (QED) is 0.574. The Labute approximate surface area is 176 Å². The zero-order valence-electron chi connectivity index (χ0n) is 17.5. The molecule has 0 spiro atoms. The minimum Gasteiger partial charge on any atom is -0.449 e. The summed E-state index contributed by atoms with van der Waals surface area (Å²) in [7, 11) is 0. The highest BCUT2D eigenvalue weighted by Gasteiger charge is 2.20. The lowest BCUT2D eigenvalue weighted by Gasteiger charge is -2.18. The Bertz CT molecular complexity index is 980. The molecule has 156 valence electrons. The van der Waals surface area contributed by atoms with Crippen LogP contribution in [-0.4, -0.2) is 34.3 Å². The topological polar surface area (TPSA) is 73.2 Å². The molecule has 3 rings (SSSR count). The molecule has 0 bridgehead atoms. The van der Waals surface area contributed by atoms with Crippen LogP contribution >= 0.6 is 0 Å². The lowest BCUT2D eigenvalue weighted by atomic mass is 9.96. The van der Waals surface area contributed by atoms with Crippen LogP contribution in [0.4, 0.5) is 0 Å². The molecule has 6 nitrogen and oxygen atoms in total. The molecule has 0 aliphatic heterocycles. The Morgan fingerprint density at radius 1 is 1.07 bits per heavy atom.